The molecule has 0 spiro atoms. The normalized spacial score (nSPS) is 17.8. The number of rotatable bonds is 5. The van der Waals surface area contributed by atoms with Crippen LogP contribution in [0.1, 0.15) is 18.4 Å². The lowest BCUT2D eigenvalue weighted by Crippen LogP contribution is -2.43. The summed E-state index contributed by atoms with van der Waals surface area (Å²) in [6.07, 6.45) is -3.78. The lowest BCUT2D eigenvalue weighted by molar-refractivity contribution is -0.137. The van der Waals surface area contributed by atoms with E-state index in [0.717, 1.165) is 40.7 Å². The van der Waals surface area contributed by atoms with Crippen molar-refractivity contribution in [1.82, 2.24) is 4.31 Å². The molecule has 174 valence electrons. The fourth-order valence-electron chi connectivity index (χ4n) is 3.57. The summed E-state index contributed by atoms with van der Waals surface area (Å²) in [5, 5.41) is 2.54. The van der Waals surface area contributed by atoms with Crippen molar-refractivity contribution < 1.29 is 30.8 Å². The molecule has 32 heavy (non-hydrogen) atoms. The number of amides is 1. The summed E-state index contributed by atoms with van der Waals surface area (Å²) in [5.74, 6) is -1.88. The largest absolute Gasteiger partial charge is 0.416 e. The number of alkyl halides is 3. The summed E-state index contributed by atoms with van der Waals surface area (Å²) in [5.41, 5.74) is -0.520. The summed E-state index contributed by atoms with van der Waals surface area (Å²) < 4.78 is 79.4. The van der Waals surface area contributed by atoms with Gasteiger partial charge in [0, 0.05) is 27.2 Å². The molecule has 1 aliphatic rings. The van der Waals surface area contributed by atoms with Crippen molar-refractivity contribution in [3.8, 4) is 0 Å². The van der Waals surface area contributed by atoms with Gasteiger partial charge in [-0.3, -0.25) is 4.79 Å². The second kappa shape index (κ2) is 9.07. The minimum Gasteiger partial charge on any atom is -0.376 e. The average Bonchev–Trinajstić information content (AvgIpc) is 2.73. The molecule has 1 N–H and O–H groups in total. The molecule has 1 amide bonds. The van der Waals surface area contributed by atoms with Crippen LogP contribution in [-0.2, 0) is 21.0 Å². The molecule has 0 aliphatic carbocycles. The molecule has 3 rings (SSSR count). The number of carbonyl (C=O) groups is 1. The molecule has 2 aromatic carbocycles. The first-order valence-corrected chi connectivity index (χ1v) is 11.3. The summed E-state index contributed by atoms with van der Waals surface area (Å²) in [7, 11) is -0.667. The van der Waals surface area contributed by atoms with E-state index in [2.05, 4.69) is 5.32 Å². The van der Waals surface area contributed by atoms with E-state index in [-0.39, 0.29) is 23.7 Å². The van der Waals surface area contributed by atoms with Gasteiger partial charge in [-0.05, 0) is 55.3 Å². The molecule has 0 aromatic heterocycles. The first-order chi connectivity index (χ1) is 14.9. The van der Waals surface area contributed by atoms with Crippen LogP contribution in [0.2, 0.25) is 0 Å². The van der Waals surface area contributed by atoms with Crippen LogP contribution in [0.25, 0.3) is 0 Å². The van der Waals surface area contributed by atoms with E-state index in [0.29, 0.717) is 18.5 Å². The van der Waals surface area contributed by atoms with Gasteiger partial charge in [0.2, 0.25) is 15.9 Å². The number of nitrogens with one attached hydrogen (secondary N) is 1. The van der Waals surface area contributed by atoms with Crippen LogP contribution in [0.4, 0.5) is 28.9 Å². The van der Waals surface area contributed by atoms with Crippen LogP contribution >= 0.6 is 0 Å². The van der Waals surface area contributed by atoms with E-state index in [1.807, 2.05) is 0 Å². The molecule has 6 nitrogen and oxygen atoms in total. The minimum atomic E-state index is -4.57. The van der Waals surface area contributed by atoms with Gasteiger partial charge in [0.05, 0.1) is 27.8 Å². The van der Waals surface area contributed by atoms with E-state index in [1.165, 1.54) is 6.07 Å². The number of carbonyl (C=O) groups excluding carboxylic acids is 1. The molecule has 1 saturated heterocycles. The zero-order chi connectivity index (χ0) is 23.7. The van der Waals surface area contributed by atoms with Crippen LogP contribution in [0.5, 0.6) is 0 Å². The summed E-state index contributed by atoms with van der Waals surface area (Å²) in [6, 6.07) is 7.45. The lowest BCUT2D eigenvalue weighted by atomic mass is 9.98. The quantitative estimate of drug-likeness (QED) is 0.668. The first-order valence-electron chi connectivity index (χ1n) is 9.85. The Morgan fingerprint density at radius 1 is 1.12 bits per heavy atom. The van der Waals surface area contributed by atoms with E-state index in [4.69, 9.17) is 0 Å². The highest BCUT2D eigenvalue weighted by Crippen LogP contribution is 2.35. The maximum Gasteiger partial charge on any atom is 0.416 e. The Morgan fingerprint density at radius 3 is 2.38 bits per heavy atom. The monoisotopic (exact) mass is 473 g/mol. The number of hydrogen-bond acceptors (Lipinski definition) is 4. The SMILES string of the molecule is CN(C)c1ccc(C(F)(F)F)cc1NC(=O)C1CCCN(S(=O)(=O)c2ccc(F)cc2)C1. The zero-order valence-corrected chi connectivity index (χ0v) is 18.3. The Morgan fingerprint density at radius 2 is 1.78 bits per heavy atom. The lowest BCUT2D eigenvalue weighted by Gasteiger charge is -2.31. The van der Waals surface area contributed by atoms with Crippen molar-refractivity contribution in [2.75, 3.05) is 37.4 Å². The van der Waals surface area contributed by atoms with Gasteiger partial charge in [-0.15, -0.1) is 0 Å². The van der Waals surface area contributed by atoms with Crippen LogP contribution < -0.4 is 10.2 Å². The van der Waals surface area contributed by atoms with Crippen LogP contribution in [0.3, 0.4) is 0 Å². The third-order valence-electron chi connectivity index (χ3n) is 5.27. The van der Waals surface area contributed by atoms with Gasteiger partial charge in [-0.2, -0.15) is 17.5 Å². The van der Waals surface area contributed by atoms with Gasteiger partial charge < -0.3 is 10.2 Å². The van der Waals surface area contributed by atoms with Crippen molar-refractivity contribution in [1.29, 1.82) is 0 Å². The Labute approximate surface area is 183 Å². The van der Waals surface area contributed by atoms with E-state index in [9.17, 15) is 30.8 Å². The fourth-order valence-corrected chi connectivity index (χ4v) is 5.09. The highest BCUT2D eigenvalue weighted by atomic mass is 32.2. The van der Waals surface area contributed by atoms with Gasteiger partial charge >= 0.3 is 6.18 Å². The summed E-state index contributed by atoms with van der Waals surface area (Å²) in [6.45, 7) is 0.0673. The third-order valence-corrected chi connectivity index (χ3v) is 7.15. The second-order valence-corrected chi connectivity index (χ2v) is 9.71. The fraction of sp³-hybridized carbons (Fsp3) is 0.381. The molecular weight excluding hydrogens is 450 g/mol. The second-order valence-electron chi connectivity index (χ2n) is 7.77. The molecule has 0 radical (unpaired) electrons. The predicted octanol–water partition coefficient (Wildman–Crippen LogP) is 3.95. The summed E-state index contributed by atoms with van der Waals surface area (Å²) >= 11 is 0. The van der Waals surface area contributed by atoms with Gasteiger partial charge in [0.25, 0.3) is 0 Å². The summed E-state index contributed by atoms with van der Waals surface area (Å²) in [4.78, 5) is 14.4. The van der Waals surface area contributed by atoms with Gasteiger partial charge in [0.15, 0.2) is 0 Å². The van der Waals surface area contributed by atoms with Gasteiger partial charge in [-0.1, -0.05) is 0 Å². The zero-order valence-electron chi connectivity index (χ0n) is 17.5. The standard InChI is InChI=1S/C21H23F4N3O3S/c1-27(2)19-10-5-15(21(23,24)25)12-18(19)26-20(29)14-4-3-11-28(13-14)32(30,31)17-8-6-16(22)7-9-17/h5-10,12,14H,3-4,11,13H2,1-2H3,(H,26,29). The molecule has 0 saturated carbocycles. The molecule has 1 fully saturated rings. The molecule has 1 atom stereocenters. The van der Waals surface area contributed by atoms with Crippen molar-refractivity contribution in [3.63, 3.8) is 0 Å². The Bertz CT molecular complexity index is 1090. The van der Waals surface area contributed by atoms with Crippen molar-refractivity contribution in [2.24, 2.45) is 5.92 Å². The number of halogens is 4. The van der Waals surface area contributed by atoms with Crippen LogP contribution in [-0.4, -0.2) is 45.8 Å². The Hall–Kier alpha value is -2.66. The molecule has 2 aromatic rings. The van der Waals surface area contributed by atoms with E-state index >= 15 is 0 Å². The minimum absolute atomic E-state index is 0.00617. The van der Waals surface area contributed by atoms with Gasteiger partial charge in [0.1, 0.15) is 5.82 Å². The molecule has 1 heterocycles. The average molecular weight is 473 g/mol. The number of piperidine rings is 1. The number of benzene rings is 2. The van der Waals surface area contributed by atoms with Crippen molar-refractivity contribution in [3.05, 3.63) is 53.8 Å². The smallest absolute Gasteiger partial charge is 0.376 e. The highest BCUT2D eigenvalue weighted by Gasteiger charge is 2.35. The third kappa shape index (κ3) is 5.21. The maximum absolute atomic E-state index is 13.1. The Balaban J connectivity index is 1.81. The topological polar surface area (TPSA) is 69.7 Å². The molecule has 1 unspecified atom stereocenters. The van der Waals surface area contributed by atoms with E-state index < -0.39 is 39.4 Å². The van der Waals surface area contributed by atoms with Gasteiger partial charge in [-0.25, -0.2) is 12.8 Å². The van der Waals surface area contributed by atoms with Crippen molar-refractivity contribution >= 4 is 27.3 Å². The van der Waals surface area contributed by atoms with E-state index in [1.54, 1.807) is 19.0 Å². The molecule has 11 heteroatoms. The van der Waals surface area contributed by atoms with Crippen molar-refractivity contribution in [2.45, 2.75) is 23.9 Å². The number of sulfonamides is 1. The highest BCUT2D eigenvalue weighted by molar-refractivity contribution is 7.89. The first kappa shape index (κ1) is 24.0. The predicted molar refractivity (Wildman–Crippen MR) is 112 cm³/mol. The maximum atomic E-state index is 13.1. The molecule has 1 aliphatic heterocycles. The number of anilines is 2. The molecule has 0 bridgehead atoms. The van der Waals surface area contributed by atoms with Crippen LogP contribution in [0.15, 0.2) is 47.4 Å². The Kier molecular flexibility index (Phi) is 6.80. The van der Waals surface area contributed by atoms with Crippen LogP contribution in [0, 0.1) is 11.7 Å². The number of hydrogen-bond donors (Lipinski definition) is 1. The molecular formula is C21H23F4N3O3S. The number of nitrogens with zero attached hydrogens (tertiary/aromatic N) is 2.